The molecular weight excluding hydrogens is 388 g/mol. The van der Waals surface area contributed by atoms with E-state index in [1.807, 2.05) is 0 Å². The largest absolute Gasteiger partial charge is 1.00 e. The van der Waals surface area contributed by atoms with Crippen molar-refractivity contribution in [3.05, 3.63) is 0 Å². The number of hydrogen-bond acceptors (Lipinski definition) is 2. The molecule has 0 aromatic rings. The average molecular weight is 427 g/mol. The maximum Gasteiger partial charge on any atom is 0.0786 e. The molecule has 0 bridgehead atoms. The van der Waals surface area contributed by atoms with Crippen molar-refractivity contribution < 1.29 is 39.5 Å². The van der Waals surface area contributed by atoms with Crippen LogP contribution in [0, 0.1) is 0 Å². The molecule has 0 rings (SSSR count). The van der Waals surface area contributed by atoms with Gasteiger partial charge in [0, 0.05) is 26.4 Å². The van der Waals surface area contributed by atoms with Crippen molar-refractivity contribution in [3.8, 4) is 0 Å². The van der Waals surface area contributed by atoms with Gasteiger partial charge in [-0.3, -0.25) is 0 Å². The zero-order chi connectivity index (χ0) is 16.6. The van der Waals surface area contributed by atoms with Crippen molar-refractivity contribution in [2.75, 3.05) is 26.2 Å². The second-order valence-corrected chi connectivity index (χ2v) is 6.14. The molecule has 0 N–H and O–H groups in total. The van der Waals surface area contributed by atoms with Crippen molar-refractivity contribution in [1.82, 2.24) is 0 Å². The van der Waals surface area contributed by atoms with Gasteiger partial charge in [-0.15, -0.1) is 0 Å². The Morgan fingerprint density at radius 3 is 1.04 bits per heavy atom. The Bertz CT molecular complexity index is 200. The van der Waals surface area contributed by atoms with Gasteiger partial charge >= 0.3 is 0 Å². The third kappa shape index (κ3) is 22.0. The first kappa shape index (κ1) is 30.9. The standard InChI is InChI=1S/C16H36N.C2H4O2.FH.Pd/c1-5-9-13-17(14-10-6-2,15-11-7-3)16-12-8-4;1-2(3)4;;/h5-16H2,1-4H3;1H3,(H,3,4);1H;/q+1;;;/p-2. The van der Waals surface area contributed by atoms with E-state index in [2.05, 4.69) is 27.7 Å². The Kier molecular flexibility index (Phi) is 29.5. The predicted molar refractivity (Wildman–Crippen MR) is 90.0 cm³/mol. The molecule has 0 saturated heterocycles. The normalized spacial score (nSPS) is 9.96. The zero-order valence-corrected chi connectivity index (χ0v) is 17.5. The van der Waals surface area contributed by atoms with E-state index in [0.29, 0.717) is 0 Å². The minimum Gasteiger partial charge on any atom is -1.00 e. The Morgan fingerprint density at radius 2 is 0.913 bits per heavy atom. The van der Waals surface area contributed by atoms with E-state index in [0.717, 1.165) is 6.92 Å². The number of carbonyl (C=O) groups excluding carboxylic acids is 1. The number of aliphatic carboxylic acids is 1. The number of carboxylic acid groups (broad SMARTS) is 1. The molecule has 0 aliphatic heterocycles. The summed E-state index contributed by atoms with van der Waals surface area (Å²) in [7, 11) is 0. The number of rotatable bonds is 12. The molecule has 5 heteroatoms. The third-order valence-corrected chi connectivity index (χ3v) is 3.94. The van der Waals surface area contributed by atoms with Crippen molar-refractivity contribution in [2.45, 2.75) is 86.0 Å². The molecule has 0 atom stereocenters. The summed E-state index contributed by atoms with van der Waals surface area (Å²) in [6.45, 7) is 16.0. The van der Waals surface area contributed by atoms with Crippen LogP contribution >= 0.6 is 0 Å². The van der Waals surface area contributed by atoms with Crippen LogP contribution in [0.2, 0.25) is 0 Å². The number of halogens is 1. The SMILES string of the molecule is CC(=O)[O-].CCCC[N+](CCCC)(CCCC)CCCC.[F-].[Pd]. The third-order valence-electron chi connectivity index (χ3n) is 3.94. The molecule has 0 amide bonds. The van der Waals surface area contributed by atoms with Crippen molar-refractivity contribution in [3.63, 3.8) is 0 Å². The van der Waals surface area contributed by atoms with Crippen molar-refractivity contribution >= 4 is 5.97 Å². The van der Waals surface area contributed by atoms with E-state index in [1.54, 1.807) is 0 Å². The molecule has 0 aromatic heterocycles. The minimum absolute atomic E-state index is 0. The van der Waals surface area contributed by atoms with Gasteiger partial charge in [0.25, 0.3) is 0 Å². The van der Waals surface area contributed by atoms with E-state index in [4.69, 9.17) is 9.90 Å². The molecule has 0 radical (unpaired) electrons. The number of carbonyl (C=O) groups is 1. The van der Waals surface area contributed by atoms with Crippen LogP contribution in [0.3, 0.4) is 0 Å². The first-order valence-electron chi connectivity index (χ1n) is 9.00. The molecule has 3 nitrogen and oxygen atoms in total. The van der Waals surface area contributed by atoms with E-state index in [-0.39, 0.29) is 25.1 Å². The van der Waals surface area contributed by atoms with Crippen LogP contribution in [-0.4, -0.2) is 36.6 Å². The number of hydrogen-bond donors (Lipinski definition) is 0. The fourth-order valence-electron chi connectivity index (χ4n) is 2.64. The Balaban J connectivity index is -0.000000268. The van der Waals surface area contributed by atoms with Gasteiger partial charge in [0.1, 0.15) is 0 Å². The quantitative estimate of drug-likeness (QED) is 0.341. The monoisotopic (exact) mass is 426 g/mol. The van der Waals surface area contributed by atoms with E-state index < -0.39 is 5.97 Å². The summed E-state index contributed by atoms with van der Waals surface area (Å²) in [5.74, 6) is -1.08. The summed E-state index contributed by atoms with van der Waals surface area (Å²) >= 11 is 0. The molecule has 0 aliphatic carbocycles. The first-order valence-corrected chi connectivity index (χ1v) is 9.00. The summed E-state index contributed by atoms with van der Waals surface area (Å²) < 4.78 is 1.42. The molecule has 0 heterocycles. The maximum atomic E-state index is 8.89. The molecule has 0 aliphatic rings. The second-order valence-electron chi connectivity index (χ2n) is 6.14. The summed E-state index contributed by atoms with van der Waals surface area (Å²) in [6, 6.07) is 0. The van der Waals surface area contributed by atoms with Gasteiger partial charge in [-0.2, -0.15) is 0 Å². The summed E-state index contributed by atoms with van der Waals surface area (Å²) in [6.07, 6.45) is 11.1. The molecule has 0 unspecified atom stereocenters. The number of nitrogens with zero attached hydrogens (tertiary/aromatic N) is 1. The average Bonchev–Trinajstić information content (AvgIpc) is 2.45. The maximum absolute atomic E-state index is 8.89. The van der Waals surface area contributed by atoms with Crippen LogP contribution < -0.4 is 9.81 Å². The molecule has 0 fully saturated rings. The Hall–Kier alpha value is 0.0223. The molecular formula is C18H39FNO2Pd-. The summed E-state index contributed by atoms with van der Waals surface area (Å²) in [4.78, 5) is 8.89. The van der Waals surface area contributed by atoms with Crippen molar-refractivity contribution in [2.24, 2.45) is 0 Å². The summed E-state index contributed by atoms with van der Waals surface area (Å²) in [5.41, 5.74) is 0. The van der Waals surface area contributed by atoms with Gasteiger partial charge in [0.15, 0.2) is 0 Å². The number of quaternary nitrogens is 1. The molecule has 146 valence electrons. The Labute approximate surface area is 157 Å². The molecule has 0 saturated carbocycles. The van der Waals surface area contributed by atoms with Crippen molar-refractivity contribution in [1.29, 1.82) is 0 Å². The van der Waals surface area contributed by atoms with Gasteiger partial charge in [0.05, 0.1) is 26.2 Å². The van der Waals surface area contributed by atoms with E-state index in [1.165, 1.54) is 82.0 Å². The predicted octanol–water partition coefficient (Wildman–Crippen LogP) is 0.761. The van der Waals surface area contributed by atoms with Crippen LogP contribution in [0.4, 0.5) is 0 Å². The van der Waals surface area contributed by atoms with Gasteiger partial charge < -0.3 is 19.1 Å². The van der Waals surface area contributed by atoms with Crippen LogP contribution in [0.25, 0.3) is 0 Å². The first-order chi connectivity index (χ1) is 9.97. The van der Waals surface area contributed by atoms with Gasteiger partial charge in [-0.05, 0) is 32.6 Å². The van der Waals surface area contributed by atoms with Crippen LogP contribution in [0.1, 0.15) is 86.0 Å². The second kappa shape index (κ2) is 22.0. The molecule has 0 spiro atoms. The smallest absolute Gasteiger partial charge is 0.0786 e. The number of carboxylic acids is 1. The van der Waals surface area contributed by atoms with Gasteiger partial charge in [-0.25, -0.2) is 0 Å². The fourth-order valence-corrected chi connectivity index (χ4v) is 2.64. The van der Waals surface area contributed by atoms with Crippen LogP contribution in [0.15, 0.2) is 0 Å². The van der Waals surface area contributed by atoms with Gasteiger partial charge in [0.2, 0.25) is 0 Å². The molecule has 0 aromatic carbocycles. The fraction of sp³-hybridized carbons (Fsp3) is 0.944. The van der Waals surface area contributed by atoms with E-state index in [9.17, 15) is 0 Å². The zero-order valence-electron chi connectivity index (χ0n) is 15.9. The number of unbranched alkanes of at least 4 members (excludes halogenated alkanes) is 4. The summed E-state index contributed by atoms with van der Waals surface area (Å²) in [5, 5.41) is 8.89. The minimum atomic E-state index is -1.08. The molecule has 23 heavy (non-hydrogen) atoms. The Morgan fingerprint density at radius 1 is 0.739 bits per heavy atom. The van der Waals surface area contributed by atoms with Gasteiger partial charge in [-0.1, -0.05) is 53.4 Å². The van der Waals surface area contributed by atoms with E-state index >= 15 is 0 Å². The topological polar surface area (TPSA) is 40.1 Å². The van der Waals surface area contributed by atoms with Crippen LogP contribution in [-0.2, 0) is 25.2 Å². The van der Waals surface area contributed by atoms with Crippen LogP contribution in [0.5, 0.6) is 0 Å².